The Morgan fingerprint density at radius 1 is 1.38 bits per heavy atom. The van der Waals surface area contributed by atoms with Gasteiger partial charge in [0.25, 0.3) is 0 Å². The Hall–Kier alpha value is -2.41. The van der Waals surface area contributed by atoms with Gasteiger partial charge in [-0.1, -0.05) is 25.4 Å². The van der Waals surface area contributed by atoms with E-state index in [-0.39, 0.29) is 17.4 Å². The van der Waals surface area contributed by atoms with Gasteiger partial charge in [0.2, 0.25) is 5.82 Å². The van der Waals surface area contributed by atoms with Crippen molar-refractivity contribution in [2.75, 3.05) is 11.9 Å². The van der Waals surface area contributed by atoms with Crippen LogP contribution < -0.4 is 10.1 Å². The van der Waals surface area contributed by atoms with Gasteiger partial charge in [0.15, 0.2) is 0 Å². The van der Waals surface area contributed by atoms with Crippen LogP contribution in [0.5, 0.6) is 11.6 Å². The van der Waals surface area contributed by atoms with Crippen LogP contribution in [0.15, 0.2) is 24.5 Å². The van der Waals surface area contributed by atoms with Gasteiger partial charge in [0.1, 0.15) is 12.1 Å². The van der Waals surface area contributed by atoms with Gasteiger partial charge in [0, 0.05) is 11.6 Å². The predicted octanol–water partition coefficient (Wildman–Crippen LogP) is 4.60. The third-order valence-corrected chi connectivity index (χ3v) is 3.75. The predicted molar refractivity (Wildman–Crippen MR) is 92.9 cm³/mol. The number of hydrogen-bond acceptors (Lipinski definition) is 6. The van der Waals surface area contributed by atoms with Crippen LogP contribution in [0.25, 0.3) is 0 Å². The highest BCUT2D eigenvalue weighted by atomic mass is 35.5. The van der Waals surface area contributed by atoms with Crippen molar-refractivity contribution in [3.63, 3.8) is 0 Å². The number of halogens is 1. The molecule has 2 aromatic rings. The van der Waals surface area contributed by atoms with Crippen molar-refractivity contribution in [2.45, 2.75) is 27.2 Å². The summed E-state index contributed by atoms with van der Waals surface area (Å²) in [5.41, 5.74) is 0.523. The molecule has 0 radical (unpaired) electrons. The molecule has 1 aromatic carbocycles. The molecule has 0 amide bonds. The van der Waals surface area contributed by atoms with Crippen molar-refractivity contribution < 1.29 is 9.66 Å². The van der Waals surface area contributed by atoms with Gasteiger partial charge in [-0.25, -0.2) is 4.98 Å². The van der Waals surface area contributed by atoms with Gasteiger partial charge in [0.05, 0.1) is 4.92 Å². The SMILES string of the molecule is Cc1cc(Oc2ncnc(NCCC(C)C)c2[N+](=O)[O-])ccc1Cl. The van der Waals surface area contributed by atoms with E-state index in [1.54, 1.807) is 18.2 Å². The minimum absolute atomic E-state index is 0.108. The average molecular weight is 351 g/mol. The Kier molecular flexibility index (Phi) is 5.92. The van der Waals surface area contributed by atoms with Crippen molar-refractivity contribution in [1.29, 1.82) is 0 Å². The zero-order valence-corrected chi connectivity index (χ0v) is 14.5. The van der Waals surface area contributed by atoms with E-state index in [4.69, 9.17) is 16.3 Å². The maximum atomic E-state index is 11.4. The van der Waals surface area contributed by atoms with E-state index < -0.39 is 4.92 Å². The van der Waals surface area contributed by atoms with Crippen molar-refractivity contribution in [3.05, 3.63) is 45.2 Å². The molecule has 7 nitrogen and oxygen atoms in total. The number of rotatable bonds is 7. The van der Waals surface area contributed by atoms with Crippen LogP contribution in [-0.2, 0) is 0 Å². The highest BCUT2D eigenvalue weighted by molar-refractivity contribution is 6.31. The van der Waals surface area contributed by atoms with Crippen LogP contribution in [0, 0.1) is 23.0 Å². The molecule has 0 bridgehead atoms. The molecule has 0 aliphatic heterocycles. The first-order valence-corrected chi connectivity index (χ1v) is 7.93. The largest absolute Gasteiger partial charge is 0.434 e. The number of aryl methyl sites for hydroxylation is 1. The van der Waals surface area contributed by atoms with Crippen LogP contribution in [0.1, 0.15) is 25.8 Å². The smallest absolute Gasteiger partial charge is 0.373 e. The first kappa shape index (κ1) is 17.9. The Bertz CT molecular complexity index is 737. The molecule has 0 spiro atoms. The standard InChI is InChI=1S/C16H19ClN4O3/c1-10(2)6-7-18-15-14(21(22)23)16(20-9-19-15)24-12-4-5-13(17)11(3)8-12/h4-5,8-10H,6-7H2,1-3H3,(H,18,19,20). The van der Waals surface area contributed by atoms with E-state index in [9.17, 15) is 10.1 Å². The summed E-state index contributed by atoms with van der Waals surface area (Å²) < 4.78 is 5.58. The van der Waals surface area contributed by atoms with Crippen LogP contribution in [-0.4, -0.2) is 21.4 Å². The number of aromatic nitrogens is 2. The van der Waals surface area contributed by atoms with Crippen molar-refractivity contribution in [1.82, 2.24) is 9.97 Å². The molecule has 0 aliphatic carbocycles. The molecule has 1 heterocycles. The van der Waals surface area contributed by atoms with E-state index >= 15 is 0 Å². The van der Waals surface area contributed by atoms with E-state index in [0.717, 1.165) is 12.0 Å². The van der Waals surface area contributed by atoms with Crippen LogP contribution in [0.3, 0.4) is 0 Å². The monoisotopic (exact) mass is 350 g/mol. The summed E-state index contributed by atoms with van der Waals surface area (Å²) in [4.78, 5) is 18.8. The lowest BCUT2D eigenvalue weighted by molar-refractivity contribution is -0.385. The molecule has 1 N–H and O–H groups in total. The first-order valence-electron chi connectivity index (χ1n) is 7.55. The Morgan fingerprint density at radius 3 is 2.75 bits per heavy atom. The highest BCUT2D eigenvalue weighted by Crippen LogP contribution is 2.34. The zero-order valence-electron chi connectivity index (χ0n) is 13.7. The molecule has 0 atom stereocenters. The second-order valence-corrected chi connectivity index (χ2v) is 6.16. The maximum Gasteiger partial charge on any atom is 0.373 e. The number of nitrogens with one attached hydrogen (secondary N) is 1. The van der Waals surface area contributed by atoms with Crippen LogP contribution in [0.2, 0.25) is 5.02 Å². The lowest BCUT2D eigenvalue weighted by Crippen LogP contribution is -2.09. The summed E-state index contributed by atoms with van der Waals surface area (Å²) in [5.74, 6) is 0.943. The van der Waals surface area contributed by atoms with E-state index in [0.29, 0.717) is 23.2 Å². The summed E-state index contributed by atoms with van der Waals surface area (Å²) in [7, 11) is 0. The molecule has 24 heavy (non-hydrogen) atoms. The van der Waals surface area contributed by atoms with Crippen LogP contribution >= 0.6 is 11.6 Å². The van der Waals surface area contributed by atoms with Gasteiger partial charge >= 0.3 is 11.6 Å². The Morgan fingerprint density at radius 2 is 2.12 bits per heavy atom. The van der Waals surface area contributed by atoms with Crippen molar-refractivity contribution in [2.24, 2.45) is 5.92 Å². The average Bonchev–Trinajstić information content (AvgIpc) is 2.50. The van der Waals surface area contributed by atoms with E-state index in [1.807, 2.05) is 6.92 Å². The zero-order chi connectivity index (χ0) is 17.7. The molecule has 0 fully saturated rings. The molecule has 8 heteroatoms. The van der Waals surface area contributed by atoms with Gasteiger partial charge in [-0.15, -0.1) is 0 Å². The Labute approximate surface area is 145 Å². The molecule has 0 saturated heterocycles. The molecule has 0 unspecified atom stereocenters. The van der Waals surface area contributed by atoms with Crippen molar-refractivity contribution in [3.8, 4) is 11.6 Å². The number of hydrogen-bond donors (Lipinski definition) is 1. The molecular formula is C16H19ClN4O3. The lowest BCUT2D eigenvalue weighted by atomic mass is 10.1. The minimum Gasteiger partial charge on any atom is -0.434 e. The molecular weight excluding hydrogens is 332 g/mol. The van der Waals surface area contributed by atoms with Crippen LogP contribution in [0.4, 0.5) is 11.5 Å². The first-order chi connectivity index (χ1) is 11.4. The Balaban J connectivity index is 2.28. The van der Waals surface area contributed by atoms with Gasteiger partial charge in [-0.2, -0.15) is 4.98 Å². The summed E-state index contributed by atoms with van der Waals surface area (Å²) in [6, 6.07) is 4.99. The normalized spacial score (nSPS) is 10.7. The molecule has 0 saturated carbocycles. The summed E-state index contributed by atoms with van der Waals surface area (Å²) in [5, 5.41) is 15.0. The van der Waals surface area contributed by atoms with Gasteiger partial charge in [-0.05, 0) is 43.0 Å². The third-order valence-electron chi connectivity index (χ3n) is 3.33. The molecule has 1 aromatic heterocycles. The minimum atomic E-state index is -0.546. The number of nitrogens with zero attached hydrogens (tertiary/aromatic N) is 3. The fraction of sp³-hybridized carbons (Fsp3) is 0.375. The number of ether oxygens (including phenoxy) is 1. The van der Waals surface area contributed by atoms with Crippen molar-refractivity contribution >= 4 is 23.1 Å². The molecule has 0 aliphatic rings. The number of anilines is 1. The third kappa shape index (κ3) is 4.55. The molecule has 2 rings (SSSR count). The number of benzene rings is 1. The second kappa shape index (κ2) is 7.92. The lowest BCUT2D eigenvalue weighted by Gasteiger charge is -2.10. The quantitative estimate of drug-likeness (QED) is 0.579. The van der Waals surface area contributed by atoms with E-state index in [1.165, 1.54) is 6.33 Å². The maximum absolute atomic E-state index is 11.4. The van der Waals surface area contributed by atoms with Gasteiger partial charge < -0.3 is 10.1 Å². The van der Waals surface area contributed by atoms with Gasteiger partial charge in [-0.3, -0.25) is 10.1 Å². The second-order valence-electron chi connectivity index (χ2n) is 5.76. The van der Waals surface area contributed by atoms with E-state index in [2.05, 4.69) is 29.1 Å². The fourth-order valence-electron chi connectivity index (χ4n) is 2.00. The number of nitro groups is 1. The summed E-state index contributed by atoms with van der Waals surface area (Å²) >= 11 is 5.97. The summed E-state index contributed by atoms with van der Waals surface area (Å²) in [6.07, 6.45) is 2.11. The fourth-order valence-corrected chi connectivity index (χ4v) is 2.12. The molecule has 128 valence electrons. The topological polar surface area (TPSA) is 90.2 Å². The highest BCUT2D eigenvalue weighted by Gasteiger charge is 2.25. The summed E-state index contributed by atoms with van der Waals surface area (Å²) in [6.45, 7) is 6.55.